The van der Waals surface area contributed by atoms with Gasteiger partial charge in [-0.25, -0.2) is 0 Å². The van der Waals surface area contributed by atoms with Crippen LogP contribution >= 0.6 is 0 Å². The van der Waals surface area contributed by atoms with Crippen LogP contribution in [-0.4, -0.2) is 35.5 Å². The van der Waals surface area contributed by atoms with Crippen molar-refractivity contribution in [3.63, 3.8) is 0 Å². The third kappa shape index (κ3) is 6.56. The minimum absolute atomic E-state index is 0.218. The van der Waals surface area contributed by atoms with Crippen LogP contribution in [0, 0.1) is 6.92 Å². The molecule has 0 bridgehead atoms. The van der Waals surface area contributed by atoms with Crippen LogP contribution in [-0.2, 0) is 20.8 Å². The Morgan fingerprint density at radius 1 is 1.14 bits per heavy atom. The molecule has 1 unspecified atom stereocenters. The van der Waals surface area contributed by atoms with Gasteiger partial charge in [0.1, 0.15) is 6.04 Å². The monoisotopic (exact) mass is 292 g/mol. The number of carboxylic acids is 1. The van der Waals surface area contributed by atoms with Crippen molar-refractivity contribution >= 4 is 17.8 Å². The van der Waals surface area contributed by atoms with Gasteiger partial charge in [-0.2, -0.15) is 0 Å². The first-order valence-corrected chi connectivity index (χ1v) is 6.73. The Balaban J connectivity index is 2.26. The largest absolute Gasteiger partial charge is 0.480 e. The van der Waals surface area contributed by atoms with Crippen LogP contribution in [0.3, 0.4) is 0 Å². The fourth-order valence-electron chi connectivity index (χ4n) is 1.63. The van der Waals surface area contributed by atoms with Crippen molar-refractivity contribution in [3.05, 3.63) is 35.4 Å². The Bertz CT molecular complexity index is 511. The maximum atomic E-state index is 11.6. The van der Waals surface area contributed by atoms with E-state index in [0.717, 1.165) is 11.1 Å². The molecule has 0 saturated carbocycles. The fraction of sp³-hybridized carbons (Fsp3) is 0.400. The van der Waals surface area contributed by atoms with Gasteiger partial charge in [0.15, 0.2) is 0 Å². The van der Waals surface area contributed by atoms with Crippen molar-refractivity contribution in [1.29, 1.82) is 0 Å². The second-order valence-corrected chi connectivity index (χ2v) is 4.89. The quantitative estimate of drug-likeness (QED) is 0.687. The van der Waals surface area contributed by atoms with E-state index in [1.54, 1.807) is 0 Å². The lowest BCUT2D eigenvalue weighted by Gasteiger charge is -2.10. The number of nitrogens with one attached hydrogen (secondary N) is 2. The van der Waals surface area contributed by atoms with E-state index in [9.17, 15) is 14.4 Å². The molecule has 0 aliphatic rings. The Labute approximate surface area is 123 Å². The summed E-state index contributed by atoms with van der Waals surface area (Å²) < 4.78 is 0. The van der Waals surface area contributed by atoms with Gasteiger partial charge in [-0.15, -0.1) is 0 Å². The molecule has 3 N–H and O–H groups in total. The number of carboxylic acid groups (broad SMARTS) is 1. The van der Waals surface area contributed by atoms with Crippen LogP contribution in [0.2, 0.25) is 0 Å². The van der Waals surface area contributed by atoms with Crippen molar-refractivity contribution in [1.82, 2.24) is 10.6 Å². The van der Waals surface area contributed by atoms with Crippen LogP contribution in [0.1, 0.15) is 24.5 Å². The minimum atomic E-state index is -1.12. The van der Waals surface area contributed by atoms with Crippen molar-refractivity contribution in [2.45, 2.75) is 32.7 Å². The number of amides is 2. The third-order valence-corrected chi connectivity index (χ3v) is 2.96. The Morgan fingerprint density at radius 2 is 1.76 bits per heavy atom. The number of benzene rings is 1. The van der Waals surface area contributed by atoms with Crippen molar-refractivity contribution in [2.75, 3.05) is 6.54 Å². The molecule has 0 spiro atoms. The van der Waals surface area contributed by atoms with Crippen LogP contribution in [0.15, 0.2) is 24.3 Å². The van der Waals surface area contributed by atoms with Gasteiger partial charge in [0.2, 0.25) is 11.8 Å². The standard InChI is InChI=1S/C15H20N2O4/c1-10-3-5-12(6-4-10)7-8-13(18)16-9-14(19)17-11(2)15(20)21/h3-6,11H,7-9H2,1-2H3,(H,16,18)(H,17,19)(H,20,21). The third-order valence-electron chi connectivity index (χ3n) is 2.96. The molecular formula is C15H20N2O4. The van der Waals surface area contributed by atoms with E-state index in [-0.39, 0.29) is 18.9 Å². The van der Waals surface area contributed by atoms with Gasteiger partial charge in [0, 0.05) is 6.42 Å². The van der Waals surface area contributed by atoms with Gasteiger partial charge in [-0.05, 0) is 25.8 Å². The number of hydrogen-bond acceptors (Lipinski definition) is 3. The van der Waals surface area contributed by atoms with E-state index in [4.69, 9.17) is 5.11 Å². The predicted octanol–water partition coefficient (Wildman–Crippen LogP) is 0.633. The molecule has 0 aliphatic carbocycles. The molecule has 1 atom stereocenters. The number of hydrogen-bond donors (Lipinski definition) is 3. The second kappa shape index (κ2) is 8.04. The van der Waals surface area contributed by atoms with E-state index in [1.165, 1.54) is 6.92 Å². The van der Waals surface area contributed by atoms with E-state index >= 15 is 0 Å². The maximum Gasteiger partial charge on any atom is 0.325 e. The summed E-state index contributed by atoms with van der Waals surface area (Å²) in [7, 11) is 0. The maximum absolute atomic E-state index is 11.6. The molecule has 6 heteroatoms. The molecule has 0 aromatic heterocycles. The molecule has 1 rings (SSSR count). The Morgan fingerprint density at radius 3 is 2.33 bits per heavy atom. The average molecular weight is 292 g/mol. The molecule has 1 aromatic carbocycles. The molecule has 0 radical (unpaired) electrons. The highest BCUT2D eigenvalue weighted by Crippen LogP contribution is 2.05. The smallest absolute Gasteiger partial charge is 0.325 e. The molecule has 21 heavy (non-hydrogen) atoms. The Kier molecular flexibility index (Phi) is 6.39. The van der Waals surface area contributed by atoms with E-state index in [1.807, 2.05) is 31.2 Å². The summed E-state index contributed by atoms with van der Waals surface area (Å²) in [6, 6.07) is 6.91. The number of aliphatic carboxylic acids is 1. The summed E-state index contributed by atoms with van der Waals surface area (Å²) in [4.78, 5) is 33.5. The highest BCUT2D eigenvalue weighted by Gasteiger charge is 2.14. The zero-order valence-corrected chi connectivity index (χ0v) is 12.2. The van der Waals surface area contributed by atoms with Crippen LogP contribution in [0.25, 0.3) is 0 Å². The summed E-state index contributed by atoms with van der Waals surface area (Å²) >= 11 is 0. The number of aryl methyl sites for hydroxylation is 2. The normalized spacial score (nSPS) is 11.5. The van der Waals surface area contributed by atoms with Gasteiger partial charge in [-0.1, -0.05) is 29.8 Å². The lowest BCUT2D eigenvalue weighted by molar-refractivity contribution is -0.141. The zero-order valence-electron chi connectivity index (χ0n) is 12.2. The SMILES string of the molecule is Cc1ccc(CCC(=O)NCC(=O)NC(C)C(=O)O)cc1. The van der Waals surface area contributed by atoms with Crippen molar-refractivity contribution in [2.24, 2.45) is 0 Å². The molecule has 2 amide bonds. The highest BCUT2D eigenvalue weighted by atomic mass is 16.4. The van der Waals surface area contributed by atoms with Gasteiger partial charge >= 0.3 is 5.97 Å². The zero-order chi connectivity index (χ0) is 15.8. The molecular weight excluding hydrogens is 272 g/mol. The fourth-order valence-corrected chi connectivity index (χ4v) is 1.63. The van der Waals surface area contributed by atoms with Crippen LogP contribution in [0.4, 0.5) is 0 Å². The Hall–Kier alpha value is -2.37. The molecule has 0 aliphatic heterocycles. The van der Waals surface area contributed by atoms with Gasteiger partial charge in [-0.3, -0.25) is 14.4 Å². The summed E-state index contributed by atoms with van der Waals surface area (Å²) in [6.07, 6.45) is 0.879. The van der Waals surface area contributed by atoms with Gasteiger partial charge < -0.3 is 15.7 Å². The van der Waals surface area contributed by atoms with E-state index in [2.05, 4.69) is 10.6 Å². The minimum Gasteiger partial charge on any atom is -0.480 e. The summed E-state index contributed by atoms with van der Waals surface area (Å²) in [6.45, 7) is 3.14. The molecule has 0 saturated heterocycles. The lowest BCUT2D eigenvalue weighted by Crippen LogP contribution is -2.44. The van der Waals surface area contributed by atoms with Gasteiger partial charge in [0.05, 0.1) is 6.54 Å². The first-order valence-electron chi connectivity index (χ1n) is 6.73. The van der Waals surface area contributed by atoms with Crippen LogP contribution < -0.4 is 10.6 Å². The highest BCUT2D eigenvalue weighted by molar-refractivity contribution is 5.87. The summed E-state index contributed by atoms with van der Waals surface area (Å²) in [5.74, 6) is -1.88. The number of carbonyl (C=O) groups is 3. The first-order chi connectivity index (χ1) is 9.88. The van der Waals surface area contributed by atoms with E-state index in [0.29, 0.717) is 6.42 Å². The average Bonchev–Trinajstić information content (AvgIpc) is 2.44. The van der Waals surface area contributed by atoms with Crippen LogP contribution in [0.5, 0.6) is 0 Å². The molecule has 114 valence electrons. The number of carbonyl (C=O) groups excluding carboxylic acids is 2. The summed E-state index contributed by atoms with van der Waals surface area (Å²) in [5.41, 5.74) is 2.21. The van der Waals surface area contributed by atoms with Gasteiger partial charge in [0.25, 0.3) is 0 Å². The molecule has 6 nitrogen and oxygen atoms in total. The first kappa shape index (κ1) is 16.7. The summed E-state index contributed by atoms with van der Waals surface area (Å²) in [5, 5.41) is 13.4. The topological polar surface area (TPSA) is 95.5 Å². The predicted molar refractivity (Wildman–Crippen MR) is 77.8 cm³/mol. The van der Waals surface area contributed by atoms with Crippen molar-refractivity contribution < 1.29 is 19.5 Å². The van der Waals surface area contributed by atoms with Crippen molar-refractivity contribution in [3.8, 4) is 0 Å². The second-order valence-electron chi connectivity index (χ2n) is 4.89. The molecule has 0 fully saturated rings. The van der Waals surface area contributed by atoms with E-state index < -0.39 is 17.9 Å². The lowest BCUT2D eigenvalue weighted by atomic mass is 10.1. The molecule has 1 aromatic rings. The number of rotatable bonds is 7. The molecule has 0 heterocycles.